The van der Waals surface area contributed by atoms with Gasteiger partial charge in [0.2, 0.25) is 0 Å². The lowest BCUT2D eigenvalue weighted by Gasteiger charge is -2.11. The van der Waals surface area contributed by atoms with Crippen molar-refractivity contribution in [2.24, 2.45) is 5.73 Å². The molecule has 0 atom stereocenters. The summed E-state index contributed by atoms with van der Waals surface area (Å²) in [6, 6.07) is 9.79. The molecule has 3 N–H and O–H groups in total. The Hall–Kier alpha value is -1.37. The Morgan fingerprint density at radius 1 is 1.35 bits per heavy atom. The first-order valence-electron chi connectivity index (χ1n) is 6.08. The molecule has 0 unspecified atom stereocenters. The van der Waals surface area contributed by atoms with Crippen LogP contribution < -0.4 is 15.8 Å². The monoisotopic (exact) mass is 354 g/mol. The maximum atomic E-state index is 10.8. The maximum Gasteiger partial charge on any atom is 0.255 e. The van der Waals surface area contributed by atoms with Gasteiger partial charge in [-0.25, -0.2) is 0 Å². The van der Waals surface area contributed by atoms with Gasteiger partial charge in [-0.3, -0.25) is 4.79 Å². The van der Waals surface area contributed by atoms with Crippen molar-refractivity contribution in [2.75, 3.05) is 6.61 Å². The third-order valence-electron chi connectivity index (χ3n) is 2.59. The Labute approximate surface area is 130 Å². The second kappa shape index (κ2) is 7.42. The Bertz CT molecular complexity index is 573. The van der Waals surface area contributed by atoms with Gasteiger partial charge in [-0.05, 0) is 29.6 Å². The predicted octanol–water partition coefficient (Wildman–Crippen LogP) is 2.66. The number of rotatable bonds is 7. The van der Waals surface area contributed by atoms with E-state index in [-0.39, 0.29) is 6.61 Å². The summed E-state index contributed by atoms with van der Waals surface area (Å²) in [5.74, 6) is 0.191. The van der Waals surface area contributed by atoms with E-state index >= 15 is 0 Å². The van der Waals surface area contributed by atoms with E-state index < -0.39 is 5.91 Å². The quantitative estimate of drug-likeness (QED) is 0.803. The van der Waals surface area contributed by atoms with Crippen LogP contribution in [0.2, 0.25) is 0 Å². The number of carbonyl (C=O) groups is 1. The fraction of sp³-hybridized carbons (Fsp3) is 0.214. The molecule has 1 aromatic heterocycles. The van der Waals surface area contributed by atoms with E-state index in [1.807, 2.05) is 24.3 Å². The highest BCUT2D eigenvalue weighted by Crippen LogP contribution is 2.23. The number of primary amides is 1. The van der Waals surface area contributed by atoms with Crippen LogP contribution in [0.4, 0.5) is 0 Å². The molecule has 0 spiro atoms. The van der Waals surface area contributed by atoms with E-state index in [0.29, 0.717) is 12.3 Å². The fourth-order valence-corrected chi connectivity index (χ4v) is 2.79. The van der Waals surface area contributed by atoms with Gasteiger partial charge >= 0.3 is 0 Å². The number of amides is 1. The van der Waals surface area contributed by atoms with Crippen LogP contribution >= 0.6 is 27.3 Å². The number of hydrogen-bond acceptors (Lipinski definition) is 4. The van der Waals surface area contributed by atoms with Crippen molar-refractivity contribution in [1.82, 2.24) is 5.32 Å². The van der Waals surface area contributed by atoms with E-state index in [1.54, 1.807) is 11.3 Å². The molecular formula is C14H15BrN2O2S. The first-order chi connectivity index (χ1) is 9.65. The zero-order chi connectivity index (χ0) is 14.4. The third kappa shape index (κ3) is 4.63. The molecule has 4 nitrogen and oxygen atoms in total. The largest absolute Gasteiger partial charge is 0.483 e. The molecule has 0 aliphatic rings. The predicted molar refractivity (Wildman–Crippen MR) is 83.7 cm³/mol. The van der Waals surface area contributed by atoms with Gasteiger partial charge in [0.25, 0.3) is 5.91 Å². The summed E-state index contributed by atoms with van der Waals surface area (Å²) in [6.45, 7) is 1.35. The van der Waals surface area contributed by atoms with E-state index in [1.165, 1.54) is 4.88 Å². The standard InChI is InChI=1S/C14H15BrN2O2S/c15-11-3-4-13(19-9-14(16)18)10(6-11)7-17-8-12-2-1-5-20-12/h1-6,17H,7-9H2,(H2,16,18). The molecule has 106 valence electrons. The lowest BCUT2D eigenvalue weighted by Crippen LogP contribution is -2.21. The molecule has 0 radical (unpaired) electrons. The minimum atomic E-state index is -0.481. The molecule has 0 saturated carbocycles. The molecule has 20 heavy (non-hydrogen) atoms. The van der Waals surface area contributed by atoms with Gasteiger partial charge < -0.3 is 15.8 Å². The van der Waals surface area contributed by atoms with Crippen LogP contribution in [0, 0.1) is 0 Å². The summed E-state index contributed by atoms with van der Waals surface area (Å²) >= 11 is 5.15. The topological polar surface area (TPSA) is 64.4 Å². The minimum absolute atomic E-state index is 0.112. The summed E-state index contributed by atoms with van der Waals surface area (Å²) in [4.78, 5) is 12.1. The number of nitrogens with one attached hydrogen (secondary N) is 1. The van der Waals surface area contributed by atoms with Gasteiger partial charge in [-0.1, -0.05) is 22.0 Å². The van der Waals surface area contributed by atoms with Crippen LogP contribution in [0.25, 0.3) is 0 Å². The molecular weight excluding hydrogens is 340 g/mol. The van der Waals surface area contributed by atoms with Crippen LogP contribution in [0.1, 0.15) is 10.4 Å². The van der Waals surface area contributed by atoms with E-state index in [4.69, 9.17) is 10.5 Å². The lowest BCUT2D eigenvalue weighted by molar-refractivity contribution is -0.119. The Balaban J connectivity index is 1.97. The summed E-state index contributed by atoms with van der Waals surface area (Å²) in [5.41, 5.74) is 6.08. The molecule has 0 fully saturated rings. The third-order valence-corrected chi connectivity index (χ3v) is 3.96. The highest BCUT2D eigenvalue weighted by Gasteiger charge is 2.06. The maximum absolute atomic E-state index is 10.8. The van der Waals surface area contributed by atoms with Crippen LogP contribution in [0.15, 0.2) is 40.2 Å². The summed E-state index contributed by atoms with van der Waals surface area (Å²) in [7, 11) is 0. The van der Waals surface area contributed by atoms with Gasteiger partial charge in [0.1, 0.15) is 5.75 Å². The van der Waals surface area contributed by atoms with E-state index in [0.717, 1.165) is 16.6 Å². The first kappa shape index (κ1) is 15.0. The average molecular weight is 355 g/mol. The molecule has 6 heteroatoms. The Morgan fingerprint density at radius 2 is 2.20 bits per heavy atom. The van der Waals surface area contributed by atoms with Crippen molar-refractivity contribution in [3.8, 4) is 5.75 Å². The second-order valence-electron chi connectivity index (χ2n) is 4.19. The van der Waals surface area contributed by atoms with E-state index in [2.05, 4.69) is 32.7 Å². The first-order valence-corrected chi connectivity index (χ1v) is 7.75. The number of benzene rings is 1. The Kier molecular flexibility index (Phi) is 5.58. The smallest absolute Gasteiger partial charge is 0.255 e. The highest BCUT2D eigenvalue weighted by atomic mass is 79.9. The van der Waals surface area contributed by atoms with Crippen molar-refractivity contribution in [3.63, 3.8) is 0 Å². The number of nitrogens with two attached hydrogens (primary N) is 1. The van der Waals surface area contributed by atoms with Crippen molar-refractivity contribution >= 4 is 33.2 Å². The SMILES string of the molecule is NC(=O)COc1ccc(Br)cc1CNCc1cccs1. The molecule has 0 aliphatic heterocycles. The fourth-order valence-electron chi connectivity index (χ4n) is 1.71. The van der Waals surface area contributed by atoms with E-state index in [9.17, 15) is 4.79 Å². The van der Waals surface area contributed by atoms with Crippen molar-refractivity contribution < 1.29 is 9.53 Å². The molecule has 2 rings (SSSR count). The molecule has 1 heterocycles. The van der Waals surface area contributed by atoms with Crippen LogP contribution in [0.3, 0.4) is 0 Å². The number of ether oxygens (including phenoxy) is 1. The molecule has 0 saturated heterocycles. The second-order valence-corrected chi connectivity index (χ2v) is 6.14. The number of carbonyl (C=O) groups excluding carboxylic acids is 1. The molecule has 0 aliphatic carbocycles. The van der Waals surface area contributed by atoms with Gasteiger partial charge in [0, 0.05) is 28.0 Å². The number of thiophene rings is 1. The zero-order valence-corrected chi connectivity index (χ0v) is 13.2. The lowest BCUT2D eigenvalue weighted by atomic mass is 10.2. The normalized spacial score (nSPS) is 10.4. The molecule has 1 aromatic carbocycles. The summed E-state index contributed by atoms with van der Waals surface area (Å²) in [5, 5.41) is 5.41. The van der Waals surface area contributed by atoms with Crippen LogP contribution in [-0.4, -0.2) is 12.5 Å². The average Bonchev–Trinajstić information content (AvgIpc) is 2.91. The Morgan fingerprint density at radius 3 is 2.90 bits per heavy atom. The van der Waals surface area contributed by atoms with Crippen molar-refractivity contribution in [1.29, 1.82) is 0 Å². The molecule has 2 aromatic rings. The molecule has 0 bridgehead atoms. The van der Waals surface area contributed by atoms with Crippen molar-refractivity contribution in [3.05, 3.63) is 50.6 Å². The highest BCUT2D eigenvalue weighted by molar-refractivity contribution is 9.10. The summed E-state index contributed by atoms with van der Waals surface area (Å²) in [6.07, 6.45) is 0. The van der Waals surface area contributed by atoms with Crippen LogP contribution in [-0.2, 0) is 17.9 Å². The number of hydrogen-bond donors (Lipinski definition) is 2. The van der Waals surface area contributed by atoms with Gasteiger partial charge in [-0.15, -0.1) is 11.3 Å². The zero-order valence-electron chi connectivity index (χ0n) is 10.8. The van der Waals surface area contributed by atoms with Crippen LogP contribution in [0.5, 0.6) is 5.75 Å². The number of halogens is 1. The molecule has 1 amide bonds. The van der Waals surface area contributed by atoms with Gasteiger partial charge in [0.15, 0.2) is 6.61 Å². The van der Waals surface area contributed by atoms with Gasteiger partial charge in [-0.2, -0.15) is 0 Å². The minimum Gasteiger partial charge on any atom is -0.483 e. The van der Waals surface area contributed by atoms with Gasteiger partial charge in [0.05, 0.1) is 0 Å². The van der Waals surface area contributed by atoms with Crippen molar-refractivity contribution in [2.45, 2.75) is 13.1 Å². The summed E-state index contributed by atoms with van der Waals surface area (Å²) < 4.78 is 6.38.